The normalized spacial score (nSPS) is 11.9. The Hall–Kier alpha value is -2.56. The molecular weight excluding hydrogens is 282 g/mol. The smallest absolute Gasteiger partial charge is 0.328 e. The predicted molar refractivity (Wildman–Crippen MR) is 83.8 cm³/mol. The van der Waals surface area contributed by atoms with Crippen molar-refractivity contribution in [3.63, 3.8) is 0 Å². The molecule has 0 aliphatic heterocycles. The first-order chi connectivity index (χ1) is 10.6. The number of carbonyl (C=O) groups is 2. The lowest BCUT2D eigenvalue weighted by molar-refractivity contribution is -0.145. The van der Waals surface area contributed by atoms with E-state index >= 15 is 0 Å². The fourth-order valence-electron chi connectivity index (χ4n) is 2.24. The predicted octanol–water partition coefficient (Wildman–Crippen LogP) is 2.62. The Morgan fingerprint density at radius 1 is 1.18 bits per heavy atom. The highest BCUT2D eigenvalue weighted by Gasteiger charge is 2.22. The van der Waals surface area contributed by atoms with Crippen molar-refractivity contribution in [3.05, 3.63) is 42.0 Å². The molecule has 0 bridgehead atoms. The molecule has 1 unspecified atom stereocenters. The molecule has 0 heterocycles. The van der Waals surface area contributed by atoms with E-state index in [1.165, 1.54) is 0 Å². The summed E-state index contributed by atoms with van der Waals surface area (Å²) in [5, 5.41) is 14.3. The first-order valence-electron chi connectivity index (χ1n) is 7.26. The van der Waals surface area contributed by atoms with Gasteiger partial charge in [-0.15, -0.1) is 0 Å². The maximum absolute atomic E-state index is 12.3. The van der Waals surface area contributed by atoms with Gasteiger partial charge < -0.3 is 15.2 Å². The molecule has 0 saturated carbocycles. The maximum Gasteiger partial charge on any atom is 0.328 e. The highest BCUT2D eigenvalue weighted by Crippen LogP contribution is 2.28. The number of amides is 1. The molecule has 116 valence electrons. The summed E-state index contributed by atoms with van der Waals surface area (Å²) in [6.45, 7) is 3.75. The molecule has 5 nitrogen and oxygen atoms in total. The number of hydrogen-bond acceptors (Lipinski definition) is 4. The van der Waals surface area contributed by atoms with Crippen LogP contribution in [-0.4, -0.2) is 29.6 Å². The number of phenols is 1. The fraction of sp³-hybridized carbons (Fsp3) is 0.294. The van der Waals surface area contributed by atoms with E-state index in [0.717, 1.165) is 5.39 Å². The standard InChI is InChI=1S/C17H19NO4/c1-3-14(17(21)22-4-2)18-16(20)13-10-9-11-7-5-6-8-12(11)15(13)19/h5-10,14,19H,3-4H2,1-2H3,(H,18,20). The van der Waals surface area contributed by atoms with Crippen molar-refractivity contribution in [2.24, 2.45) is 0 Å². The highest BCUT2D eigenvalue weighted by atomic mass is 16.5. The van der Waals surface area contributed by atoms with Crippen LogP contribution in [0.15, 0.2) is 36.4 Å². The van der Waals surface area contributed by atoms with Gasteiger partial charge in [0.25, 0.3) is 5.91 Å². The number of nitrogens with one attached hydrogen (secondary N) is 1. The van der Waals surface area contributed by atoms with Gasteiger partial charge in [0.1, 0.15) is 11.8 Å². The van der Waals surface area contributed by atoms with Gasteiger partial charge in [-0.05, 0) is 24.8 Å². The fourth-order valence-corrected chi connectivity index (χ4v) is 2.24. The zero-order valence-corrected chi connectivity index (χ0v) is 12.6. The van der Waals surface area contributed by atoms with Crippen molar-refractivity contribution in [2.45, 2.75) is 26.3 Å². The molecule has 2 rings (SSSR count). The minimum atomic E-state index is -0.724. The van der Waals surface area contributed by atoms with Crippen molar-refractivity contribution in [3.8, 4) is 5.75 Å². The molecule has 0 aliphatic rings. The summed E-state index contributed by atoms with van der Waals surface area (Å²) in [5.74, 6) is -1.06. The van der Waals surface area contributed by atoms with Crippen LogP contribution < -0.4 is 5.32 Å². The van der Waals surface area contributed by atoms with Crippen molar-refractivity contribution in [1.29, 1.82) is 0 Å². The summed E-state index contributed by atoms with van der Waals surface area (Å²) in [6, 6.07) is 9.82. The minimum absolute atomic E-state index is 0.0886. The molecule has 2 aromatic rings. The van der Waals surface area contributed by atoms with Crippen molar-refractivity contribution < 1.29 is 19.4 Å². The van der Waals surface area contributed by atoms with Crippen molar-refractivity contribution in [1.82, 2.24) is 5.32 Å². The first kappa shape index (κ1) is 15.8. The van der Waals surface area contributed by atoms with Crippen molar-refractivity contribution in [2.75, 3.05) is 6.61 Å². The van der Waals surface area contributed by atoms with Crippen LogP contribution in [0, 0.1) is 0 Å². The van der Waals surface area contributed by atoms with Crippen LogP contribution in [0.1, 0.15) is 30.6 Å². The molecule has 2 aromatic carbocycles. The number of phenolic OH excluding ortho intramolecular Hbond substituents is 1. The Morgan fingerprint density at radius 3 is 2.59 bits per heavy atom. The zero-order chi connectivity index (χ0) is 16.1. The van der Waals surface area contributed by atoms with E-state index in [-0.39, 0.29) is 17.9 Å². The molecule has 1 amide bonds. The third-order valence-electron chi connectivity index (χ3n) is 3.43. The van der Waals surface area contributed by atoms with Gasteiger partial charge >= 0.3 is 5.97 Å². The summed E-state index contributed by atoms with van der Waals surface area (Å²) < 4.78 is 4.92. The summed E-state index contributed by atoms with van der Waals surface area (Å²) in [5.41, 5.74) is 0.140. The summed E-state index contributed by atoms with van der Waals surface area (Å²) in [7, 11) is 0. The van der Waals surface area contributed by atoms with E-state index in [4.69, 9.17) is 4.74 Å². The van der Waals surface area contributed by atoms with E-state index in [1.54, 1.807) is 38.1 Å². The molecule has 22 heavy (non-hydrogen) atoms. The lowest BCUT2D eigenvalue weighted by Gasteiger charge is -2.16. The van der Waals surface area contributed by atoms with Gasteiger partial charge in [0.2, 0.25) is 0 Å². The van der Waals surface area contributed by atoms with E-state index in [1.807, 2.05) is 12.1 Å². The average Bonchev–Trinajstić information content (AvgIpc) is 2.53. The van der Waals surface area contributed by atoms with Crippen LogP contribution in [-0.2, 0) is 9.53 Å². The molecule has 2 N–H and O–H groups in total. The van der Waals surface area contributed by atoms with Gasteiger partial charge in [0.15, 0.2) is 0 Å². The number of rotatable bonds is 5. The molecule has 1 atom stereocenters. The lowest BCUT2D eigenvalue weighted by Crippen LogP contribution is -2.41. The quantitative estimate of drug-likeness (QED) is 0.832. The number of aromatic hydroxyl groups is 1. The van der Waals surface area contributed by atoms with Crippen LogP contribution in [0.2, 0.25) is 0 Å². The molecule has 0 aromatic heterocycles. The highest BCUT2D eigenvalue weighted by molar-refractivity contribution is 6.04. The Kier molecular flexibility index (Phi) is 4.99. The lowest BCUT2D eigenvalue weighted by atomic mass is 10.0. The van der Waals surface area contributed by atoms with Gasteiger partial charge in [-0.1, -0.05) is 37.3 Å². The summed E-state index contributed by atoms with van der Waals surface area (Å²) in [4.78, 5) is 24.0. The Bertz CT molecular complexity index is 696. The van der Waals surface area contributed by atoms with Crippen LogP contribution in [0.5, 0.6) is 5.75 Å². The minimum Gasteiger partial charge on any atom is -0.506 e. The third kappa shape index (κ3) is 3.19. The SMILES string of the molecule is CCOC(=O)C(CC)NC(=O)c1ccc2ccccc2c1O. The topological polar surface area (TPSA) is 75.6 Å². The molecule has 0 fully saturated rings. The number of esters is 1. The van der Waals surface area contributed by atoms with Crippen LogP contribution in [0.25, 0.3) is 10.8 Å². The van der Waals surface area contributed by atoms with E-state index in [0.29, 0.717) is 11.8 Å². The van der Waals surface area contributed by atoms with E-state index < -0.39 is 17.9 Å². The molecule has 0 aliphatic carbocycles. The first-order valence-corrected chi connectivity index (χ1v) is 7.26. The Morgan fingerprint density at radius 2 is 1.91 bits per heavy atom. The monoisotopic (exact) mass is 301 g/mol. The number of ether oxygens (including phenoxy) is 1. The molecule has 0 saturated heterocycles. The summed E-state index contributed by atoms with van der Waals surface area (Å²) in [6.07, 6.45) is 0.416. The van der Waals surface area contributed by atoms with Gasteiger partial charge in [-0.2, -0.15) is 0 Å². The number of carbonyl (C=O) groups excluding carboxylic acids is 2. The third-order valence-corrected chi connectivity index (χ3v) is 3.43. The average molecular weight is 301 g/mol. The number of fused-ring (bicyclic) bond motifs is 1. The van der Waals surface area contributed by atoms with E-state index in [9.17, 15) is 14.7 Å². The van der Waals surface area contributed by atoms with E-state index in [2.05, 4.69) is 5.32 Å². The van der Waals surface area contributed by atoms with Crippen LogP contribution in [0.4, 0.5) is 0 Å². The Labute approximate surface area is 128 Å². The van der Waals surface area contributed by atoms with Crippen LogP contribution in [0.3, 0.4) is 0 Å². The van der Waals surface area contributed by atoms with Gasteiger partial charge in [0.05, 0.1) is 12.2 Å². The second-order valence-corrected chi connectivity index (χ2v) is 4.87. The van der Waals surface area contributed by atoms with Gasteiger partial charge in [0, 0.05) is 5.39 Å². The number of benzene rings is 2. The molecular formula is C17H19NO4. The second kappa shape index (κ2) is 6.93. The Balaban J connectivity index is 2.26. The molecule has 5 heteroatoms. The summed E-state index contributed by atoms with van der Waals surface area (Å²) >= 11 is 0. The number of hydrogen-bond donors (Lipinski definition) is 2. The van der Waals surface area contributed by atoms with Crippen LogP contribution >= 0.6 is 0 Å². The van der Waals surface area contributed by atoms with Gasteiger partial charge in [-0.25, -0.2) is 4.79 Å². The molecule has 0 radical (unpaired) electrons. The maximum atomic E-state index is 12.3. The zero-order valence-electron chi connectivity index (χ0n) is 12.6. The van der Waals surface area contributed by atoms with Crippen molar-refractivity contribution >= 4 is 22.6 Å². The molecule has 0 spiro atoms. The van der Waals surface area contributed by atoms with Gasteiger partial charge in [-0.3, -0.25) is 4.79 Å². The second-order valence-electron chi connectivity index (χ2n) is 4.87. The largest absolute Gasteiger partial charge is 0.506 e.